The maximum atomic E-state index is 11.7. The summed E-state index contributed by atoms with van der Waals surface area (Å²) in [5.41, 5.74) is 2.88. The molecule has 0 fully saturated rings. The van der Waals surface area contributed by atoms with Gasteiger partial charge in [-0.1, -0.05) is 24.3 Å². The highest BCUT2D eigenvalue weighted by molar-refractivity contribution is 5.80. The Morgan fingerprint density at radius 1 is 1.47 bits per heavy atom. The average molecular weight is 232 g/mol. The SMILES string of the molecule is CC(NCC1Cc2ccccc21)C(=O)N(C)C. The number of benzene rings is 1. The first-order valence-electron chi connectivity index (χ1n) is 6.12. The van der Waals surface area contributed by atoms with Gasteiger partial charge >= 0.3 is 0 Å². The summed E-state index contributed by atoms with van der Waals surface area (Å²) in [4.78, 5) is 13.3. The van der Waals surface area contributed by atoms with E-state index in [1.165, 1.54) is 11.1 Å². The molecule has 1 amide bonds. The Balaban J connectivity index is 1.84. The lowest BCUT2D eigenvalue weighted by atomic mass is 9.77. The molecule has 2 unspecified atom stereocenters. The van der Waals surface area contributed by atoms with E-state index in [1.54, 1.807) is 19.0 Å². The molecule has 0 saturated carbocycles. The lowest BCUT2D eigenvalue weighted by Crippen LogP contribution is -2.44. The van der Waals surface area contributed by atoms with E-state index in [-0.39, 0.29) is 11.9 Å². The van der Waals surface area contributed by atoms with Gasteiger partial charge in [-0.3, -0.25) is 4.79 Å². The maximum absolute atomic E-state index is 11.7. The highest BCUT2D eigenvalue weighted by atomic mass is 16.2. The second kappa shape index (κ2) is 4.88. The molecule has 3 heteroatoms. The van der Waals surface area contributed by atoms with Crippen molar-refractivity contribution < 1.29 is 4.79 Å². The summed E-state index contributed by atoms with van der Waals surface area (Å²) in [5.74, 6) is 0.709. The molecule has 0 radical (unpaired) electrons. The predicted octanol–water partition coefficient (Wildman–Crippen LogP) is 1.39. The minimum atomic E-state index is -0.0993. The number of carbonyl (C=O) groups excluding carboxylic acids is 1. The lowest BCUT2D eigenvalue weighted by molar-refractivity contribution is -0.130. The molecule has 0 spiro atoms. The van der Waals surface area contributed by atoms with Crippen molar-refractivity contribution in [1.82, 2.24) is 10.2 Å². The van der Waals surface area contributed by atoms with E-state index in [0.717, 1.165) is 13.0 Å². The van der Waals surface area contributed by atoms with Crippen molar-refractivity contribution in [3.8, 4) is 0 Å². The van der Waals surface area contributed by atoms with E-state index in [1.807, 2.05) is 6.92 Å². The number of likely N-dealkylation sites (N-methyl/N-ethyl adjacent to an activating group) is 1. The largest absolute Gasteiger partial charge is 0.347 e. The van der Waals surface area contributed by atoms with Crippen molar-refractivity contribution in [2.75, 3.05) is 20.6 Å². The van der Waals surface area contributed by atoms with Crippen LogP contribution in [0, 0.1) is 0 Å². The smallest absolute Gasteiger partial charge is 0.238 e. The molecular formula is C14H20N2O. The molecule has 0 heterocycles. The molecular weight excluding hydrogens is 212 g/mol. The molecule has 0 bridgehead atoms. The molecule has 1 aliphatic carbocycles. The molecule has 2 rings (SSSR count). The summed E-state index contributed by atoms with van der Waals surface area (Å²) >= 11 is 0. The van der Waals surface area contributed by atoms with Crippen LogP contribution in [0.2, 0.25) is 0 Å². The van der Waals surface area contributed by atoms with Gasteiger partial charge in [0.2, 0.25) is 5.91 Å². The van der Waals surface area contributed by atoms with Crippen molar-refractivity contribution in [3.63, 3.8) is 0 Å². The van der Waals surface area contributed by atoms with Gasteiger partial charge in [0, 0.05) is 26.6 Å². The van der Waals surface area contributed by atoms with Crippen LogP contribution in [-0.2, 0) is 11.2 Å². The van der Waals surface area contributed by atoms with E-state index >= 15 is 0 Å². The minimum Gasteiger partial charge on any atom is -0.347 e. The molecule has 92 valence electrons. The van der Waals surface area contributed by atoms with E-state index in [2.05, 4.69) is 29.6 Å². The van der Waals surface area contributed by atoms with Crippen LogP contribution in [0.1, 0.15) is 24.0 Å². The third-order valence-electron chi connectivity index (χ3n) is 3.44. The van der Waals surface area contributed by atoms with Crippen LogP contribution in [0.4, 0.5) is 0 Å². The van der Waals surface area contributed by atoms with Crippen LogP contribution in [0.15, 0.2) is 24.3 Å². The number of carbonyl (C=O) groups is 1. The van der Waals surface area contributed by atoms with E-state index < -0.39 is 0 Å². The molecule has 1 aromatic rings. The van der Waals surface area contributed by atoms with Crippen molar-refractivity contribution in [3.05, 3.63) is 35.4 Å². The van der Waals surface area contributed by atoms with E-state index in [9.17, 15) is 4.79 Å². The number of fused-ring (bicyclic) bond motifs is 1. The second-order valence-corrected chi connectivity index (χ2v) is 4.96. The van der Waals surface area contributed by atoms with Crippen LogP contribution >= 0.6 is 0 Å². The predicted molar refractivity (Wildman–Crippen MR) is 69.0 cm³/mol. The first-order chi connectivity index (χ1) is 8.09. The molecule has 0 aromatic heterocycles. The van der Waals surface area contributed by atoms with Gasteiger partial charge < -0.3 is 10.2 Å². The van der Waals surface area contributed by atoms with Crippen molar-refractivity contribution in [2.24, 2.45) is 0 Å². The van der Waals surface area contributed by atoms with Gasteiger partial charge in [-0.25, -0.2) is 0 Å². The van der Waals surface area contributed by atoms with E-state index in [0.29, 0.717) is 5.92 Å². The van der Waals surface area contributed by atoms with Gasteiger partial charge in [0.25, 0.3) is 0 Å². The Morgan fingerprint density at radius 2 is 2.18 bits per heavy atom. The van der Waals surface area contributed by atoms with Crippen LogP contribution in [0.25, 0.3) is 0 Å². The van der Waals surface area contributed by atoms with Crippen LogP contribution < -0.4 is 5.32 Å². The van der Waals surface area contributed by atoms with E-state index in [4.69, 9.17) is 0 Å². The molecule has 3 nitrogen and oxygen atoms in total. The monoisotopic (exact) mass is 232 g/mol. The minimum absolute atomic E-state index is 0.0993. The normalized spacial score (nSPS) is 19.1. The highest BCUT2D eigenvalue weighted by Gasteiger charge is 2.26. The summed E-state index contributed by atoms with van der Waals surface area (Å²) in [6.45, 7) is 2.81. The molecule has 0 saturated heterocycles. The average Bonchev–Trinajstić information content (AvgIpc) is 2.29. The zero-order chi connectivity index (χ0) is 12.4. The summed E-state index contributed by atoms with van der Waals surface area (Å²) < 4.78 is 0. The Morgan fingerprint density at radius 3 is 2.82 bits per heavy atom. The summed E-state index contributed by atoms with van der Waals surface area (Å²) in [7, 11) is 3.58. The molecule has 2 atom stereocenters. The summed E-state index contributed by atoms with van der Waals surface area (Å²) in [6.07, 6.45) is 1.13. The van der Waals surface area contributed by atoms with Crippen molar-refractivity contribution >= 4 is 5.91 Å². The first-order valence-corrected chi connectivity index (χ1v) is 6.12. The maximum Gasteiger partial charge on any atom is 0.238 e. The number of nitrogens with one attached hydrogen (secondary N) is 1. The number of amides is 1. The Kier molecular flexibility index (Phi) is 3.48. The van der Waals surface area contributed by atoms with Gasteiger partial charge in [-0.15, -0.1) is 0 Å². The topological polar surface area (TPSA) is 32.3 Å². The fraction of sp³-hybridized carbons (Fsp3) is 0.500. The highest BCUT2D eigenvalue weighted by Crippen LogP contribution is 2.33. The number of nitrogens with zero attached hydrogens (tertiary/aromatic N) is 1. The fourth-order valence-electron chi connectivity index (χ4n) is 2.34. The van der Waals surface area contributed by atoms with Crippen molar-refractivity contribution in [1.29, 1.82) is 0 Å². The Bertz CT molecular complexity index is 414. The van der Waals surface area contributed by atoms with Gasteiger partial charge in [-0.2, -0.15) is 0 Å². The van der Waals surface area contributed by atoms with Crippen LogP contribution in [0.5, 0.6) is 0 Å². The number of rotatable bonds is 4. The van der Waals surface area contributed by atoms with Crippen LogP contribution in [0.3, 0.4) is 0 Å². The van der Waals surface area contributed by atoms with Gasteiger partial charge in [0.15, 0.2) is 0 Å². The molecule has 1 aliphatic rings. The van der Waals surface area contributed by atoms with Gasteiger partial charge in [-0.05, 0) is 24.5 Å². The van der Waals surface area contributed by atoms with Gasteiger partial charge in [0.05, 0.1) is 6.04 Å². The zero-order valence-electron chi connectivity index (χ0n) is 10.7. The summed E-state index contributed by atoms with van der Waals surface area (Å²) in [5, 5.41) is 3.32. The third-order valence-corrected chi connectivity index (χ3v) is 3.44. The quantitative estimate of drug-likeness (QED) is 0.851. The second-order valence-electron chi connectivity index (χ2n) is 4.96. The summed E-state index contributed by atoms with van der Waals surface area (Å²) in [6, 6.07) is 8.43. The van der Waals surface area contributed by atoms with Crippen LogP contribution in [-0.4, -0.2) is 37.5 Å². The molecule has 1 N–H and O–H groups in total. The molecule has 0 aliphatic heterocycles. The third kappa shape index (κ3) is 2.50. The fourth-order valence-corrected chi connectivity index (χ4v) is 2.34. The standard InChI is InChI=1S/C14H20N2O/c1-10(14(17)16(2)3)15-9-12-8-11-6-4-5-7-13(11)12/h4-7,10,12,15H,8-9H2,1-3H3. The zero-order valence-corrected chi connectivity index (χ0v) is 10.7. The van der Waals surface area contributed by atoms with Gasteiger partial charge in [0.1, 0.15) is 0 Å². The Labute approximate surface area is 103 Å². The Hall–Kier alpha value is -1.35. The first kappa shape index (κ1) is 12.1. The lowest BCUT2D eigenvalue weighted by Gasteiger charge is -2.31. The number of hydrogen-bond acceptors (Lipinski definition) is 2. The molecule has 17 heavy (non-hydrogen) atoms. The molecule has 1 aromatic carbocycles. The van der Waals surface area contributed by atoms with Crippen molar-refractivity contribution in [2.45, 2.75) is 25.3 Å². The number of hydrogen-bond donors (Lipinski definition) is 1.